The zero-order chi connectivity index (χ0) is 11.6. The van der Waals surface area contributed by atoms with Crippen LogP contribution in [0.2, 0.25) is 0 Å². The second-order valence-electron chi connectivity index (χ2n) is 4.23. The van der Waals surface area contributed by atoms with Gasteiger partial charge in [-0.05, 0) is 32.2 Å². The summed E-state index contributed by atoms with van der Waals surface area (Å²) >= 11 is 0. The molecule has 16 heavy (non-hydrogen) atoms. The van der Waals surface area contributed by atoms with Gasteiger partial charge in [-0.15, -0.1) is 0 Å². The SMILES string of the molecule is CCNCCNC(=O)CCC1CCCCO1. The lowest BCUT2D eigenvalue weighted by Crippen LogP contribution is -2.32. The molecule has 0 aromatic rings. The highest BCUT2D eigenvalue weighted by Crippen LogP contribution is 2.16. The van der Waals surface area contributed by atoms with Crippen molar-refractivity contribution in [3.63, 3.8) is 0 Å². The fourth-order valence-electron chi connectivity index (χ4n) is 1.88. The lowest BCUT2D eigenvalue weighted by molar-refractivity contribution is -0.122. The first kappa shape index (κ1) is 13.5. The van der Waals surface area contributed by atoms with Crippen molar-refractivity contribution in [3.8, 4) is 0 Å². The summed E-state index contributed by atoms with van der Waals surface area (Å²) in [6, 6.07) is 0. The van der Waals surface area contributed by atoms with Gasteiger partial charge in [0.2, 0.25) is 5.91 Å². The summed E-state index contributed by atoms with van der Waals surface area (Å²) in [6.45, 7) is 5.45. The molecule has 0 aliphatic carbocycles. The van der Waals surface area contributed by atoms with Gasteiger partial charge in [0.15, 0.2) is 0 Å². The van der Waals surface area contributed by atoms with Crippen LogP contribution in [-0.4, -0.2) is 38.3 Å². The minimum atomic E-state index is 0.145. The van der Waals surface area contributed by atoms with E-state index in [1.807, 2.05) is 0 Å². The van der Waals surface area contributed by atoms with Gasteiger partial charge < -0.3 is 15.4 Å². The number of amides is 1. The Morgan fingerprint density at radius 3 is 2.94 bits per heavy atom. The predicted molar refractivity (Wildman–Crippen MR) is 64.4 cm³/mol. The van der Waals surface area contributed by atoms with Crippen molar-refractivity contribution in [2.75, 3.05) is 26.2 Å². The summed E-state index contributed by atoms with van der Waals surface area (Å²) < 4.78 is 5.58. The molecule has 1 aliphatic rings. The van der Waals surface area contributed by atoms with E-state index >= 15 is 0 Å². The van der Waals surface area contributed by atoms with Gasteiger partial charge in [-0.2, -0.15) is 0 Å². The highest BCUT2D eigenvalue weighted by atomic mass is 16.5. The minimum Gasteiger partial charge on any atom is -0.378 e. The number of likely N-dealkylation sites (N-methyl/N-ethyl adjacent to an activating group) is 1. The predicted octanol–water partition coefficient (Wildman–Crippen LogP) is 1.06. The zero-order valence-corrected chi connectivity index (χ0v) is 10.3. The van der Waals surface area contributed by atoms with Gasteiger partial charge in [-0.1, -0.05) is 6.92 Å². The van der Waals surface area contributed by atoms with Gasteiger partial charge in [0.05, 0.1) is 6.10 Å². The highest BCUT2D eigenvalue weighted by molar-refractivity contribution is 5.75. The summed E-state index contributed by atoms with van der Waals surface area (Å²) in [7, 11) is 0. The highest BCUT2D eigenvalue weighted by Gasteiger charge is 2.14. The Balaban J connectivity index is 1.96. The van der Waals surface area contributed by atoms with Crippen molar-refractivity contribution in [1.82, 2.24) is 10.6 Å². The number of carbonyl (C=O) groups excluding carboxylic acids is 1. The molecule has 0 bridgehead atoms. The maximum Gasteiger partial charge on any atom is 0.220 e. The Kier molecular flexibility index (Phi) is 7.17. The molecule has 1 fully saturated rings. The maximum absolute atomic E-state index is 11.5. The molecule has 1 amide bonds. The topological polar surface area (TPSA) is 50.4 Å². The summed E-state index contributed by atoms with van der Waals surface area (Å²) in [4.78, 5) is 11.5. The number of rotatable bonds is 7. The summed E-state index contributed by atoms with van der Waals surface area (Å²) in [5.41, 5.74) is 0. The van der Waals surface area contributed by atoms with E-state index in [0.717, 1.165) is 39.1 Å². The van der Waals surface area contributed by atoms with Crippen molar-refractivity contribution >= 4 is 5.91 Å². The molecule has 0 radical (unpaired) electrons. The summed E-state index contributed by atoms with van der Waals surface area (Å²) in [6.07, 6.45) is 5.31. The summed E-state index contributed by atoms with van der Waals surface area (Å²) in [5, 5.41) is 6.07. The third-order valence-corrected chi connectivity index (χ3v) is 2.84. The molecule has 94 valence electrons. The van der Waals surface area contributed by atoms with E-state index in [1.54, 1.807) is 0 Å². The average molecular weight is 228 g/mol. The van der Waals surface area contributed by atoms with Crippen LogP contribution in [0.3, 0.4) is 0 Å². The van der Waals surface area contributed by atoms with Gasteiger partial charge >= 0.3 is 0 Å². The van der Waals surface area contributed by atoms with E-state index in [0.29, 0.717) is 12.5 Å². The van der Waals surface area contributed by atoms with E-state index < -0.39 is 0 Å². The Bertz CT molecular complexity index is 191. The molecule has 1 saturated heterocycles. The van der Waals surface area contributed by atoms with Crippen molar-refractivity contribution in [2.24, 2.45) is 0 Å². The van der Waals surface area contributed by atoms with Crippen LogP contribution in [0.1, 0.15) is 39.0 Å². The fraction of sp³-hybridized carbons (Fsp3) is 0.917. The fourth-order valence-corrected chi connectivity index (χ4v) is 1.88. The molecule has 1 unspecified atom stereocenters. The molecule has 2 N–H and O–H groups in total. The molecule has 0 spiro atoms. The quantitative estimate of drug-likeness (QED) is 0.641. The molecule has 0 aromatic carbocycles. The number of ether oxygens (including phenoxy) is 1. The molecule has 0 aromatic heterocycles. The van der Waals surface area contributed by atoms with Crippen LogP contribution >= 0.6 is 0 Å². The van der Waals surface area contributed by atoms with E-state index in [-0.39, 0.29) is 5.91 Å². The lowest BCUT2D eigenvalue weighted by Gasteiger charge is -2.22. The van der Waals surface area contributed by atoms with Crippen LogP contribution in [0.15, 0.2) is 0 Å². The number of nitrogens with one attached hydrogen (secondary N) is 2. The molecule has 1 rings (SSSR count). The smallest absolute Gasteiger partial charge is 0.220 e. The van der Waals surface area contributed by atoms with Crippen LogP contribution in [0.25, 0.3) is 0 Å². The van der Waals surface area contributed by atoms with Crippen molar-refractivity contribution in [1.29, 1.82) is 0 Å². The molecule has 4 heteroatoms. The first-order chi connectivity index (χ1) is 7.83. The maximum atomic E-state index is 11.5. The number of hydrogen-bond acceptors (Lipinski definition) is 3. The lowest BCUT2D eigenvalue weighted by atomic mass is 10.0. The van der Waals surface area contributed by atoms with Gasteiger partial charge in [0.1, 0.15) is 0 Å². The number of hydrogen-bond donors (Lipinski definition) is 2. The van der Waals surface area contributed by atoms with Gasteiger partial charge in [-0.25, -0.2) is 0 Å². The number of carbonyl (C=O) groups is 1. The molecular formula is C12H24N2O2. The first-order valence-electron chi connectivity index (χ1n) is 6.42. The molecule has 0 saturated carbocycles. The third kappa shape index (κ3) is 6.08. The van der Waals surface area contributed by atoms with Crippen molar-refractivity contribution < 1.29 is 9.53 Å². The van der Waals surface area contributed by atoms with E-state index in [9.17, 15) is 4.79 Å². The van der Waals surface area contributed by atoms with Gasteiger partial charge in [0, 0.05) is 26.1 Å². The van der Waals surface area contributed by atoms with Crippen LogP contribution in [-0.2, 0) is 9.53 Å². The van der Waals surface area contributed by atoms with Gasteiger partial charge in [0.25, 0.3) is 0 Å². The minimum absolute atomic E-state index is 0.145. The summed E-state index contributed by atoms with van der Waals surface area (Å²) in [5.74, 6) is 0.145. The second-order valence-corrected chi connectivity index (χ2v) is 4.23. The van der Waals surface area contributed by atoms with Gasteiger partial charge in [-0.3, -0.25) is 4.79 Å². The molecular weight excluding hydrogens is 204 g/mol. The molecule has 1 heterocycles. The second kappa shape index (κ2) is 8.53. The van der Waals surface area contributed by atoms with Crippen LogP contribution in [0.5, 0.6) is 0 Å². The molecule has 1 aliphatic heterocycles. The Labute approximate surface area is 98.1 Å². The van der Waals surface area contributed by atoms with Crippen LogP contribution in [0.4, 0.5) is 0 Å². The Hall–Kier alpha value is -0.610. The Morgan fingerprint density at radius 2 is 2.25 bits per heavy atom. The monoisotopic (exact) mass is 228 g/mol. The van der Waals surface area contributed by atoms with E-state index in [1.165, 1.54) is 12.8 Å². The normalized spacial score (nSPS) is 20.7. The Morgan fingerprint density at radius 1 is 1.38 bits per heavy atom. The largest absolute Gasteiger partial charge is 0.378 e. The van der Waals surface area contributed by atoms with Crippen LogP contribution < -0.4 is 10.6 Å². The molecule has 4 nitrogen and oxygen atoms in total. The first-order valence-corrected chi connectivity index (χ1v) is 6.42. The zero-order valence-electron chi connectivity index (χ0n) is 10.3. The van der Waals surface area contributed by atoms with Crippen LogP contribution in [0, 0.1) is 0 Å². The average Bonchev–Trinajstić information content (AvgIpc) is 2.33. The van der Waals surface area contributed by atoms with Crippen molar-refractivity contribution in [3.05, 3.63) is 0 Å². The van der Waals surface area contributed by atoms with E-state index in [2.05, 4.69) is 17.6 Å². The standard InChI is InChI=1S/C12H24N2O2/c1-2-13-8-9-14-12(15)7-6-11-5-3-4-10-16-11/h11,13H,2-10H2,1H3,(H,14,15). The third-order valence-electron chi connectivity index (χ3n) is 2.84. The molecule has 1 atom stereocenters. The van der Waals surface area contributed by atoms with E-state index in [4.69, 9.17) is 4.74 Å². The van der Waals surface area contributed by atoms with Crippen molar-refractivity contribution in [2.45, 2.75) is 45.1 Å².